The van der Waals surface area contributed by atoms with Gasteiger partial charge in [-0.3, -0.25) is 0 Å². The third-order valence-electron chi connectivity index (χ3n) is 2.51. The highest BCUT2D eigenvalue weighted by molar-refractivity contribution is 9.10. The van der Waals surface area contributed by atoms with Crippen molar-refractivity contribution in [2.75, 3.05) is 5.73 Å². The molecule has 0 atom stereocenters. The van der Waals surface area contributed by atoms with Gasteiger partial charge in [0.05, 0.1) is 11.8 Å². The SMILES string of the molecule is CC(C)Oc1cc(Br)c(C2CC2)cc1N. The number of nitrogen functional groups attached to an aromatic ring is 1. The summed E-state index contributed by atoms with van der Waals surface area (Å²) in [5, 5.41) is 0. The van der Waals surface area contributed by atoms with Gasteiger partial charge in [0, 0.05) is 4.47 Å². The standard InChI is InChI=1S/C12H16BrNO/c1-7(2)15-12-6-10(13)9(5-11(12)14)8-3-4-8/h5-8H,3-4,14H2,1-2H3. The Morgan fingerprint density at radius 3 is 2.60 bits per heavy atom. The maximum Gasteiger partial charge on any atom is 0.143 e. The molecule has 0 spiro atoms. The van der Waals surface area contributed by atoms with Crippen LogP contribution in [0, 0.1) is 0 Å². The second kappa shape index (κ2) is 4.05. The molecular weight excluding hydrogens is 254 g/mol. The number of hydrogen-bond donors (Lipinski definition) is 1. The minimum absolute atomic E-state index is 0.158. The number of benzene rings is 1. The van der Waals surface area contributed by atoms with E-state index in [1.165, 1.54) is 18.4 Å². The highest BCUT2D eigenvalue weighted by atomic mass is 79.9. The van der Waals surface area contributed by atoms with Gasteiger partial charge in [0.25, 0.3) is 0 Å². The van der Waals surface area contributed by atoms with Crippen molar-refractivity contribution in [1.82, 2.24) is 0 Å². The van der Waals surface area contributed by atoms with Crippen LogP contribution in [0.1, 0.15) is 38.2 Å². The average molecular weight is 270 g/mol. The molecule has 0 saturated heterocycles. The van der Waals surface area contributed by atoms with E-state index in [0.717, 1.165) is 15.9 Å². The van der Waals surface area contributed by atoms with E-state index in [-0.39, 0.29) is 6.10 Å². The van der Waals surface area contributed by atoms with E-state index >= 15 is 0 Å². The Kier molecular flexibility index (Phi) is 2.91. The minimum Gasteiger partial charge on any atom is -0.489 e. The fraction of sp³-hybridized carbons (Fsp3) is 0.500. The molecule has 1 saturated carbocycles. The Balaban J connectivity index is 2.29. The molecule has 1 fully saturated rings. The smallest absolute Gasteiger partial charge is 0.143 e. The first-order chi connectivity index (χ1) is 7.08. The molecule has 2 rings (SSSR count). The summed E-state index contributed by atoms with van der Waals surface area (Å²) in [5.74, 6) is 1.48. The van der Waals surface area contributed by atoms with Gasteiger partial charge in [-0.1, -0.05) is 15.9 Å². The predicted molar refractivity (Wildman–Crippen MR) is 66.3 cm³/mol. The van der Waals surface area contributed by atoms with E-state index in [0.29, 0.717) is 5.92 Å². The zero-order chi connectivity index (χ0) is 11.0. The molecule has 1 aliphatic rings. The van der Waals surface area contributed by atoms with Crippen LogP contribution in [0.25, 0.3) is 0 Å². The summed E-state index contributed by atoms with van der Waals surface area (Å²) in [6.45, 7) is 4.00. The van der Waals surface area contributed by atoms with Crippen molar-refractivity contribution in [3.8, 4) is 5.75 Å². The lowest BCUT2D eigenvalue weighted by atomic mass is 10.1. The Morgan fingerprint density at radius 1 is 1.40 bits per heavy atom. The molecule has 1 aromatic rings. The number of anilines is 1. The molecule has 0 radical (unpaired) electrons. The molecule has 82 valence electrons. The Bertz CT molecular complexity index is 372. The van der Waals surface area contributed by atoms with Crippen LogP contribution < -0.4 is 10.5 Å². The van der Waals surface area contributed by atoms with Gasteiger partial charge >= 0.3 is 0 Å². The van der Waals surface area contributed by atoms with Crippen LogP contribution in [0.2, 0.25) is 0 Å². The monoisotopic (exact) mass is 269 g/mol. The van der Waals surface area contributed by atoms with Crippen LogP contribution in [0.15, 0.2) is 16.6 Å². The van der Waals surface area contributed by atoms with Crippen LogP contribution in [0.4, 0.5) is 5.69 Å². The van der Waals surface area contributed by atoms with E-state index in [1.54, 1.807) is 0 Å². The molecule has 0 amide bonds. The molecule has 0 unspecified atom stereocenters. The number of halogens is 1. The molecule has 0 heterocycles. The van der Waals surface area contributed by atoms with Gasteiger partial charge in [0.2, 0.25) is 0 Å². The summed E-state index contributed by atoms with van der Waals surface area (Å²) < 4.78 is 6.75. The van der Waals surface area contributed by atoms with Crippen molar-refractivity contribution in [2.24, 2.45) is 0 Å². The first-order valence-corrected chi connectivity index (χ1v) is 6.13. The number of hydrogen-bond acceptors (Lipinski definition) is 2. The maximum absolute atomic E-state index is 5.96. The van der Waals surface area contributed by atoms with Crippen LogP contribution in [-0.2, 0) is 0 Å². The Hall–Kier alpha value is -0.700. The lowest BCUT2D eigenvalue weighted by Gasteiger charge is -2.14. The van der Waals surface area contributed by atoms with Gasteiger partial charge in [-0.2, -0.15) is 0 Å². The lowest BCUT2D eigenvalue weighted by Crippen LogP contribution is -2.07. The normalized spacial score (nSPS) is 15.7. The zero-order valence-corrected chi connectivity index (χ0v) is 10.7. The van der Waals surface area contributed by atoms with Crippen molar-refractivity contribution in [3.63, 3.8) is 0 Å². The van der Waals surface area contributed by atoms with Crippen LogP contribution in [0.3, 0.4) is 0 Å². The van der Waals surface area contributed by atoms with Gasteiger partial charge in [0.15, 0.2) is 0 Å². The fourth-order valence-corrected chi connectivity index (χ4v) is 2.30. The molecule has 1 aliphatic carbocycles. The van der Waals surface area contributed by atoms with Crippen molar-refractivity contribution < 1.29 is 4.74 Å². The second-order valence-corrected chi connectivity index (χ2v) is 5.21. The molecule has 3 heteroatoms. The Morgan fingerprint density at radius 2 is 2.07 bits per heavy atom. The number of ether oxygens (including phenoxy) is 1. The first kappa shape index (κ1) is 10.8. The summed E-state index contributed by atoms with van der Waals surface area (Å²) in [4.78, 5) is 0. The molecule has 0 aliphatic heterocycles. The van der Waals surface area contributed by atoms with Crippen LogP contribution >= 0.6 is 15.9 Å². The molecule has 15 heavy (non-hydrogen) atoms. The van der Waals surface area contributed by atoms with Crippen molar-refractivity contribution >= 4 is 21.6 Å². The third kappa shape index (κ3) is 2.46. The van der Waals surface area contributed by atoms with Crippen molar-refractivity contribution in [3.05, 3.63) is 22.2 Å². The Labute approximate surface area is 98.9 Å². The molecule has 0 aromatic heterocycles. The van der Waals surface area contributed by atoms with E-state index in [4.69, 9.17) is 10.5 Å². The molecule has 0 bridgehead atoms. The number of nitrogens with two attached hydrogens (primary N) is 1. The maximum atomic E-state index is 5.96. The highest BCUT2D eigenvalue weighted by Gasteiger charge is 2.26. The van der Waals surface area contributed by atoms with E-state index in [1.807, 2.05) is 26.0 Å². The third-order valence-corrected chi connectivity index (χ3v) is 3.20. The van der Waals surface area contributed by atoms with Gasteiger partial charge in [-0.25, -0.2) is 0 Å². The van der Waals surface area contributed by atoms with Crippen LogP contribution in [0.5, 0.6) is 5.75 Å². The second-order valence-electron chi connectivity index (χ2n) is 4.35. The quantitative estimate of drug-likeness (QED) is 0.850. The van der Waals surface area contributed by atoms with Gasteiger partial charge in [0.1, 0.15) is 5.75 Å². The number of rotatable bonds is 3. The fourth-order valence-electron chi connectivity index (χ4n) is 1.65. The summed E-state index contributed by atoms with van der Waals surface area (Å²) in [5.41, 5.74) is 8.03. The summed E-state index contributed by atoms with van der Waals surface area (Å²) in [6, 6.07) is 4.03. The van der Waals surface area contributed by atoms with E-state index in [9.17, 15) is 0 Å². The minimum atomic E-state index is 0.158. The molecular formula is C12H16BrNO. The van der Waals surface area contributed by atoms with Gasteiger partial charge < -0.3 is 10.5 Å². The summed E-state index contributed by atoms with van der Waals surface area (Å²) in [7, 11) is 0. The lowest BCUT2D eigenvalue weighted by molar-refractivity contribution is 0.243. The first-order valence-electron chi connectivity index (χ1n) is 5.33. The topological polar surface area (TPSA) is 35.2 Å². The van der Waals surface area contributed by atoms with E-state index in [2.05, 4.69) is 15.9 Å². The molecule has 1 aromatic carbocycles. The van der Waals surface area contributed by atoms with Gasteiger partial charge in [-0.15, -0.1) is 0 Å². The largest absolute Gasteiger partial charge is 0.489 e. The predicted octanol–water partition coefficient (Wildman–Crippen LogP) is 3.70. The van der Waals surface area contributed by atoms with Gasteiger partial charge in [-0.05, 0) is 50.3 Å². The summed E-state index contributed by atoms with van der Waals surface area (Å²) >= 11 is 3.58. The molecule has 2 N–H and O–H groups in total. The molecule has 2 nitrogen and oxygen atoms in total. The van der Waals surface area contributed by atoms with Crippen molar-refractivity contribution in [2.45, 2.75) is 38.7 Å². The average Bonchev–Trinajstić information content (AvgIpc) is 2.93. The van der Waals surface area contributed by atoms with Crippen LogP contribution in [-0.4, -0.2) is 6.10 Å². The van der Waals surface area contributed by atoms with Crippen molar-refractivity contribution in [1.29, 1.82) is 0 Å². The zero-order valence-electron chi connectivity index (χ0n) is 9.09. The van der Waals surface area contributed by atoms with E-state index < -0.39 is 0 Å². The summed E-state index contributed by atoms with van der Waals surface area (Å²) in [6.07, 6.45) is 2.72. The highest BCUT2D eigenvalue weighted by Crippen LogP contribution is 2.45.